The molecule has 1 aromatic carbocycles. The van der Waals surface area contributed by atoms with Gasteiger partial charge in [0.05, 0.1) is 11.1 Å². The van der Waals surface area contributed by atoms with E-state index in [-0.39, 0.29) is 11.8 Å². The van der Waals surface area contributed by atoms with Crippen molar-refractivity contribution in [2.45, 2.75) is 12.8 Å². The normalized spacial score (nSPS) is 14.4. The first-order valence-corrected chi connectivity index (χ1v) is 6.28. The predicted octanol–water partition coefficient (Wildman–Crippen LogP) is 2.96. The first-order valence-electron chi connectivity index (χ1n) is 5.37. The molecule has 0 aliphatic carbocycles. The topological polar surface area (TPSA) is 37.4 Å². The number of rotatable bonds is 4. The Morgan fingerprint density at radius 3 is 2.47 bits per heavy atom. The number of hydrogen-bond donors (Lipinski definition) is 0. The lowest BCUT2D eigenvalue weighted by Crippen LogP contribution is -2.30. The largest absolute Gasteiger partial charge is 0.274 e. The Balaban J connectivity index is 2.20. The summed E-state index contributed by atoms with van der Waals surface area (Å²) in [5.74, 6) is 0.0351. The molecule has 0 saturated carbocycles. The van der Waals surface area contributed by atoms with Crippen molar-refractivity contribution in [1.29, 1.82) is 0 Å². The van der Waals surface area contributed by atoms with Crippen molar-refractivity contribution in [2.24, 2.45) is 0 Å². The summed E-state index contributed by atoms with van der Waals surface area (Å²) in [7, 11) is 0. The molecule has 0 spiro atoms. The highest BCUT2D eigenvalue weighted by Gasteiger charge is 2.34. The molecule has 2 amide bonds. The molecule has 0 bridgehead atoms. The lowest BCUT2D eigenvalue weighted by atomic mass is 10.1. The maximum absolute atomic E-state index is 12.0. The van der Waals surface area contributed by atoms with Crippen LogP contribution in [0.4, 0.5) is 0 Å². The fourth-order valence-corrected chi connectivity index (χ4v) is 2.19. The summed E-state index contributed by atoms with van der Waals surface area (Å²) in [4.78, 5) is 25.2. The highest BCUT2D eigenvalue weighted by molar-refractivity contribution is 6.32. The average Bonchev–Trinajstić information content (AvgIpc) is 2.54. The van der Waals surface area contributed by atoms with E-state index in [0.717, 1.165) is 12.8 Å². The van der Waals surface area contributed by atoms with E-state index < -0.39 is 0 Å². The molecule has 5 heteroatoms. The third-order valence-electron chi connectivity index (χ3n) is 2.70. The van der Waals surface area contributed by atoms with Gasteiger partial charge in [0, 0.05) is 17.4 Å². The maximum atomic E-state index is 12.0. The second-order valence-corrected chi connectivity index (χ2v) is 4.66. The number of fused-ring (bicyclic) bond motifs is 1. The van der Waals surface area contributed by atoms with Crippen molar-refractivity contribution < 1.29 is 9.59 Å². The third-order valence-corrected chi connectivity index (χ3v) is 3.20. The summed E-state index contributed by atoms with van der Waals surface area (Å²) in [6.07, 6.45) is 1.51. The molecular weight excluding hydrogens is 261 g/mol. The zero-order valence-electron chi connectivity index (χ0n) is 9.08. The SMILES string of the molecule is O=C1c2ccc(Cl)cc2C(=O)N1CCCCCl. The number of alkyl halides is 1. The third kappa shape index (κ3) is 2.31. The van der Waals surface area contributed by atoms with Gasteiger partial charge in [-0.1, -0.05) is 11.6 Å². The van der Waals surface area contributed by atoms with E-state index in [9.17, 15) is 9.59 Å². The quantitative estimate of drug-likeness (QED) is 0.480. The molecule has 1 aliphatic heterocycles. The van der Waals surface area contributed by atoms with E-state index in [1.807, 2.05) is 0 Å². The molecule has 0 aromatic heterocycles. The smallest absolute Gasteiger partial charge is 0.261 e. The van der Waals surface area contributed by atoms with Gasteiger partial charge in [0.15, 0.2) is 0 Å². The molecule has 0 saturated heterocycles. The molecule has 0 N–H and O–H groups in total. The summed E-state index contributed by atoms with van der Waals surface area (Å²) < 4.78 is 0. The van der Waals surface area contributed by atoms with Gasteiger partial charge in [-0.3, -0.25) is 14.5 Å². The Bertz CT molecular complexity index is 474. The number of unbranched alkanes of at least 4 members (excludes halogenated alkanes) is 1. The molecule has 1 heterocycles. The number of hydrogen-bond acceptors (Lipinski definition) is 2. The number of carbonyl (C=O) groups is 2. The summed E-state index contributed by atoms with van der Waals surface area (Å²) in [5, 5.41) is 0.465. The van der Waals surface area contributed by atoms with Crippen LogP contribution in [0.1, 0.15) is 33.6 Å². The molecule has 0 atom stereocenters. The second-order valence-electron chi connectivity index (χ2n) is 3.85. The number of carbonyl (C=O) groups excluding carboxylic acids is 2. The molecular formula is C12H11Cl2NO2. The van der Waals surface area contributed by atoms with Crippen molar-refractivity contribution in [2.75, 3.05) is 12.4 Å². The van der Waals surface area contributed by atoms with Crippen LogP contribution in [0.2, 0.25) is 5.02 Å². The van der Waals surface area contributed by atoms with Crippen molar-refractivity contribution in [3.05, 3.63) is 34.3 Å². The van der Waals surface area contributed by atoms with Crippen LogP contribution in [-0.4, -0.2) is 29.1 Å². The number of amides is 2. The first kappa shape index (κ1) is 12.4. The second kappa shape index (κ2) is 5.07. The van der Waals surface area contributed by atoms with Crippen LogP contribution >= 0.6 is 23.2 Å². The zero-order valence-corrected chi connectivity index (χ0v) is 10.6. The Kier molecular flexibility index (Phi) is 3.69. The van der Waals surface area contributed by atoms with Gasteiger partial charge in [-0.15, -0.1) is 11.6 Å². The highest BCUT2D eigenvalue weighted by atomic mass is 35.5. The van der Waals surface area contributed by atoms with Crippen LogP contribution in [0, 0.1) is 0 Å². The van der Waals surface area contributed by atoms with E-state index in [2.05, 4.69) is 0 Å². The molecule has 90 valence electrons. The zero-order chi connectivity index (χ0) is 12.4. The van der Waals surface area contributed by atoms with Gasteiger partial charge in [0.2, 0.25) is 0 Å². The fraction of sp³-hybridized carbons (Fsp3) is 0.333. The van der Waals surface area contributed by atoms with Gasteiger partial charge < -0.3 is 0 Å². The summed E-state index contributed by atoms with van der Waals surface area (Å²) in [5.41, 5.74) is 0.832. The van der Waals surface area contributed by atoms with Crippen molar-refractivity contribution in [3.8, 4) is 0 Å². The van der Waals surface area contributed by atoms with Gasteiger partial charge in [0.25, 0.3) is 11.8 Å². The van der Waals surface area contributed by atoms with E-state index >= 15 is 0 Å². The molecule has 2 rings (SSSR count). The lowest BCUT2D eigenvalue weighted by molar-refractivity contribution is 0.0652. The van der Waals surface area contributed by atoms with Gasteiger partial charge in [-0.05, 0) is 31.0 Å². The van der Waals surface area contributed by atoms with E-state index in [0.29, 0.717) is 28.6 Å². The van der Waals surface area contributed by atoms with Crippen LogP contribution in [0.15, 0.2) is 18.2 Å². The standard InChI is InChI=1S/C12H11Cl2NO2/c13-5-1-2-6-15-11(16)9-4-3-8(14)7-10(9)12(15)17/h3-4,7H,1-2,5-6H2. The van der Waals surface area contributed by atoms with Crippen molar-refractivity contribution >= 4 is 35.0 Å². The summed E-state index contributed by atoms with van der Waals surface area (Å²) >= 11 is 11.4. The Morgan fingerprint density at radius 2 is 1.76 bits per heavy atom. The Morgan fingerprint density at radius 1 is 1.06 bits per heavy atom. The molecule has 1 aliphatic rings. The first-order chi connectivity index (χ1) is 8.15. The lowest BCUT2D eigenvalue weighted by Gasteiger charge is -2.12. The molecule has 17 heavy (non-hydrogen) atoms. The fourth-order valence-electron chi connectivity index (χ4n) is 1.83. The van der Waals surface area contributed by atoms with E-state index in [1.54, 1.807) is 18.2 Å². The Labute approximate surface area is 109 Å². The monoisotopic (exact) mass is 271 g/mol. The van der Waals surface area contributed by atoms with Gasteiger partial charge in [-0.2, -0.15) is 0 Å². The van der Waals surface area contributed by atoms with E-state index in [4.69, 9.17) is 23.2 Å². The van der Waals surface area contributed by atoms with Crippen LogP contribution in [0.25, 0.3) is 0 Å². The minimum Gasteiger partial charge on any atom is -0.274 e. The summed E-state index contributed by atoms with van der Waals surface area (Å²) in [6.45, 7) is 0.413. The van der Waals surface area contributed by atoms with Crippen LogP contribution in [0.3, 0.4) is 0 Å². The van der Waals surface area contributed by atoms with Gasteiger partial charge >= 0.3 is 0 Å². The number of nitrogens with zero attached hydrogens (tertiary/aromatic N) is 1. The van der Waals surface area contributed by atoms with Crippen LogP contribution in [0.5, 0.6) is 0 Å². The number of halogens is 2. The number of imide groups is 1. The molecule has 1 aromatic rings. The van der Waals surface area contributed by atoms with Gasteiger partial charge in [0.1, 0.15) is 0 Å². The predicted molar refractivity (Wildman–Crippen MR) is 66.8 cm³/mol. The average molecular weight is 272 g/mol. The van der Waals surface area contributed by atoms with Crippen molar-refractivity contribution in [3.63, 3.8) is 0 Å². The minimum atomic E-state index is -0.262. The van der Waals surface area contributed by atoms with Crippen LogP contribution in [-0.2, 0) is 0 Å². The Hall–Kier alpha value is -1.06. The highest BCUT2D eigenvalue weighted by Crippen LogP contribution is 2.25. The number of benzene rings is 1. The van der Waals surface area contributed by atoms with Crippen molar-refractivity contribution in [1.82, 2.24) is 4.90 Å². The molecule has 3 nitrogen and oxygen atoms in total. The minimum absolute atomic E-state index is 0.240. The van der Waals surface area contributed by atoms with Crippen LogP contribution < -0.4 is 0 Å². The maximum Gasteiger partial charge on any atom is 0.261 e. The summed E-state index contributed by atoms with van der Waals surface area (Å²) in [6, 6.07) is 4.76. The molecule has 0 fully saturated rings. The van der Waals surface area contributed by atoms with E-state index in [1.165, 1.54) is 4.90 Å². The molecule has 0 radical (unpaired) electrons. The molecule has 0 unspecified atom stereocenters. The van der Waals surface area contributed by atoms with Gasteiger partial charge in [-0.25, -0.2) is 0 Å².